The Kier molecular flexibility index (Phi) is 1.85. The number of carbonyl (C=O) groups is 2. The van der Waals surface area contributed by atoms with E-state index in [0.29, 0.717) is 6.61 Å². The van der Waals surface area contributed by atoms with Gasteiger partial charge in [-0.2, -0.15) is 0 Å². The molecule has 1 aliphatic rings. The number of hydrogen-bond donors (Lipinski definition) is 0. The first-order valence-electron chi connectivity index (χ1n) is 3.08. The molecule has 0 fully saturated rings. The first kappa shape index (κ1) is 6.99. The van der Waals surface area contributed by atoms with E-state index in [-0.39, 0.29) is 18.0 Å². The third-order valence-electron chi connectivity index (χ3n) is 1.29. The second-order valence-electron chi connectivity index (χ2n) is 2.30. The zero-order valence-corrected chi connectivity index (χ0v) is 5.66. The van der Waals surface area contributed by atoms with Gasteiger partial charge in [-0.1, -0.05) is 6.92 Å². The van der Waals surface area contributed by atoms with Crippen LogP contribution in [-0.2, 0) is 14.3 Å². The maximum absolute atomic E-state index is 10.6. The number of rotatable bonds is 2. The molecule has 0 bridgehead atoms. The highest BCUT2D eigenvalue weighted by Crippen LogP contribution is 2.14. The van der Waals surface area contributed by atoms with E-state index < -0.39 is 5.78 Å². The quantitative estimate of drug-likeness (QED) is 0.409. The molecular formula is C7H8O3. The van der Waals surface area contributed by atoms with Crippen molar-refractivity contribution in [2.45, 2.75) is 6.92 Å². The molecule has 0 radical (unpaired) electrons. The summed E-state index contributed by atoms with van der Waals surface area (Å²) in [7, 11) is 0. The molecule has 0 saturated carbocycles. The van der Waals surface area contributed by atoms with E-state index in [0.717, 1.165) is 0 Å². The molecule has 0 aromatic rings. The smallest absolute Gasteiger partial charge is 0.259 e. The number of aldehydes is 1. The highest BCUT2D eigenvalue weighted by atomic mass is 16.5. The maximum Gasteiger partial charge on any atom is 0.259 e. The highest BCUT2D eigenvalue weighted by Gasteiger charge is 2.17. The average Bonchev–Trinajstić information content (AvgIpc) is 2.34. The van der Waals surface area contributed by atoms with Crippen LogP contribution < -0.4 is 0 Å². The van der Waals surface area contributed by atoms with Crippen LogP contribution in [0.4, 0.5) is 0 Å². The largest absolute Gasteiger partial charge is 0.489 e. The summed E-state index contributed by atoms with van der Waals surface area (Å²) < 4.78 is 4.90. The highest BCUT2D eigenvalue weighted by molar-refractivity contribution is 6.32. The van der Waals surface area contributed by atoms with Gasteiger partial charge in [-0.3, -0.25) is 9.59 Å². The second kappa shape index (κ2) is 2.64. The van der Waals surface area contributed by atoms with Gasteiger partial charge in [-0.05, 0) is 6.08 Å². The van der Waals surface area contributed by atoms with E-state index in [1.165, 1.54) is 0 Å². The minimum atomic E-state index is -0.565. The summed E-state index contributed by atoms with van der Waals surface area (Å²) >= 11 is 0. The van der Waals surface area contributed by atoms with Crippen molar-refractivity contribution in [1.29, 1.82) is 0 Å². The third kappa shape index (κ3) is 1.23. The van der Waals surface area contributed by atoms with Gasteiger partial charge in [0.15, 0.2) is 12.0 Å². The van der Waals surface area contributed by atoms with E-state index >= 15 is 0 Å². The van der Waals surface area contributed by atoms with Gasteiger partial charge in [0.25, 0.3) is 5.78 Å². The zero-order valence-electron chi connectivity index (χ0n) is 5.66. The molecule has 3 nitrogen and oxygen atoms in total. The molecule has 1 atom stereocenters. The molecule has 3 heteroatoms. The second-order valence-corrected chi connectivity index (χ2v) is 2.30. The van der Waals surface area contributed by atoms with E-state index in [4.69, 9.17) is 4.74 Å². The molecule has 10 heavy (non-hydrogen) atoms. The topological polar surface area (TPSA) is 43.4 Å². The average molecular weight is 140 g/mol. The van der Waals surface area contributed by atoms with Crippen molar-refractivity contribution in [2.75, 3.05) is 6.61 Å². The lowest BCUT2D eigenvalue weighted by atomic mass is 10.2. The molecule has 0 saturated heterocycles. The minimum absolute atomic E-state index is 0.197. The summed E-state index contributed by atoms with van der Waals surface area (Å²) in [4.78, 5) is 20.5. The Balaban J connectivity index is 2.66. The van der Waals surface area contributed by atoms with Crippen LogP contribution in [0.5, 0.6) is 0 Å². The SMILES string of the molecule is CC1C=C(C(=O)C=O)OC1. The van der Waals surface area contributed by atoms with Gasteiger partial charge in [0.1, 0.15) is 0 Å². The minimum Gasteiger partial charge on any atom is -0.489 e. The fraction of sp³-hybridized carbons (Fsp3) is 0.429. The number of Topliss-reactive ketones (excluding diaryl/α,β-unsaturated/α-hetero) is 1. The van der Waals surface area contributed by atoms with Crippen LogP contribution in [0.1, 0.15) is 6.92 Å². The predicted molar refractivity (Wildman–Crippen MR) is 34.3 cm³/mol. The van der Waals surface area contributed by atoms with Crippen molar-refractivity contribution >= 4 is 12.1 Å². The monoisotopic (exact) mass is 140 g/mol. The number of ketones is 1. The zero-order chi connectivity index (χ0) is 7.56. The predicted octanol–water partition coefficient (Wildman–Crippen LogP) is 0.305. The molecule has 1 rings (SSSR count). The standard InChI is InChI=1S/C7H8O3/c1-5-2-7(10-4-5)6(9)3-8/h2-3,5H,4H2,1H3. The summed E-state index contributed by atoms with van der Waals surface area (Å²) in [6.07, 6.45) is 1.93. The number of ether oxygens (including phenoxy) is 1. The summed E-state index contributed by atoms with van der Waals surface area (Å²) in [5.41, 5.74) is 0. The summed E-state index contributed by atoms with van der Waals surface area (Å²) in [5, 5.41) is 0. The van der Waals surface area contributed by atoms with Crippen LogP contribution >= 0.6 is 0 Å². The van der Waals surface area contributed by atoms with Gasteiger partial charge in [0.2, 0.25) is 0 Å². The Bertz CT molecular complexity index is 193. The van der Waals surface area contributed by atoms with Crippen LogP contribution in [-0.4, -0.2) is 18.7 Å². The molecule has 0 aromatic heterocycles. The molecule has 1 aliphatic heterocycles. The Morgan fingerprint density at radius 3 is 3.00 bits per heavy atom. The molecule has 0 N–H and O–H groups in total. The van der Waals surface area contributed by atoms with Crippen LogP contribution in [0, 0.1) is 5.92 Å². The Labute approximate surface area is 58.7 Å². The van der Waals surface area contributed by atoms with Crippen molar-refractivity contribution in [1.82, 2.24) is 0 Å². The molecule has 54 valence electrons. The van der Waals surface area contributed by atoms with Gasteiger partial charge in [0.05, 0.1) is 6.61 Å². The van der Waals surface area contributed by atoms with Gasteiger partial charge < -0.3 is 4.74 Å². The molecule has 0 spiro atoms. The fourth-order valence-corrected chi connectivity index (χ4v) is 0.787. The first-order valence-corrected chi connectivity index (χ1v) is 3.08. The van der Waals surface area contributed by atoms with E-state index in [2.05, 4.69) is 0 Å². The lowest BCUT2D eigenvalue weighted by Gasteiger charge is -1.95. The van der Waals surface area contributed by atoms with Crippen molar-refractivity contribution in [3.05, 3.63) is 11.8 Å². The normalized spacial score (nSPS) is 23.3. The van der Waals surface area contributed by atoms with Crippen molar-refractivity contribution in [3.8, 4) is 0 Å². The summed E-state index contributed by atoms with van der Waals surface area (Å²) in [5.74, 6) is -0.120. The van der Waals surface area contributed by atoms with Crippen molar-refractivity contribution in [2.24, 2.45) is 5.92 Å². The van der Waals surface area contributed by atoms with E-state index in [1.54, 1.807) is 6.08 Å². The number of allylic oxidation sites excluding steroid dienone is 1. The lowest BCUT2D eigenvalue weighted by Crippen LogP contribution is -2.03. The Hall–Kier alpha value is -1.12. The van der Waals surface area contributed by atoms with Gasteiger partial charge in [0, 0.05) is 5.92 Å². The fourth-order valence-electron chi connectivity index (χ4n) is 0.787. The van der Waals surface area contributed by atoms with Crippen LogP contribution in [0.15, 0.2) is 11.8 Å². The van der Waals surface area contributed by atoms with Crippen LogP contribution in [0.2, 0.25) is 0 Å². The maximum atomic E-state index is 10.6. The lowest BCUT2D eigenvalue weighted by molar-refractivity contribution is -0.129. The number of carbonyl (C=O) groups excluding carboxylic acids is 2. The molecule has 1 heterocycles. The molecule has 0 aromatic carbocycles. The molecule has 1 unspecified atom stereocenters. The summed E-state index contributed by atoms with van der Waals surface area (Å²) in [6.45, 7) is 2.43. The van der Waals surface area contributed by atoms with Gasteiger partial charge in [-0.15, -0.1) is 0 Å². The van der Waals surface area contributed by atoms with Crippen molar-refractivity contribution < 1.29 is 14.3 Å². The van der Waals surface area contributed by atoms with Crippen LogP contribution in [0.3, 0.4) is 0 Å². The van der Waals surface area contributed by atoms with Crippen LogP contribution in [0.25, 0.3) is 0 Å². The molecule has 0 amide bonds. The van der Waals surface area contributed by atoms with Gasteiger partial charge in [-0.25, -0.2) is 0 Å². The van der Waals surface area contributed by atoms with Crippen molar-refractivity contribution in [3.63, 3.8) is 0 Å². The summed E-state index contributed by atoms with van der Waals surface area (Å²) in [6, 6.07) is 0. The Morgan fingerprint density at radius 2 is 2.60 bits per heavy atom. The molecule has 0 aliphatic carbocycles. The first-order chi connectivity index (χ1) is 4.74. The van der Waals surface area contributed by atoms with Gasteiger partial charge >= 0.3 is 0 Å². The molecular weight excluding hydrogens is 132 g/mol. The third-order valence-corrected chi connectivity index (χ3v) is 1.29. The van der Waals surface area contributed by atoms with E-state index in [1.807, 2.05) is 6.92 Å². The number of hydrogen-bond acceptors (Lipinski definition) is 3. The Morgan fingerprint density at radius 1 is 1.90 bits per heavy atom. The van der Waals surface area contributed by atoms with E-state index in [9.17, 15) is 9.59 Å².